The number of nitrogens with zero attached hydrogens (tertiary/aromatic N) is 1. The Morgan fingerprint density at radius 1 is 1.38 bits per heavy atom. The number of amides is 2. The molecule has 1 fully saturated rings. The van der Waals surface area contributed by atoms with Crippen LogP contribution >= 0.6 is 0 Å². The average molecular weight is 355 g/mol. The standard InChI is InChI=1S/C15H21N3O5S/c1-23-13-6-4-3-5-12(13)18-10-11(9-15(18)20)17-14(19)7-8-16-24(2,21)22/h3-6,11,16H,7-10H2,1-2H3,(H,17,19)/t11-/m1/s1. The predicted molar refractivity (Wildman–Crippen MR) is 89.4 cm³/mol. The Morgan fingerprint density at radius 2 is 2.08 bits per heavy atom. The van der Waals surface area contributed by atoms with E-state index in [1.807, 2.05) is 12.1 Å². The number of para-hydroxylation sites is 2. The van der Waals surface area contributed by atoms with Crippen molar-refractivity contribution in [2.24, 2.45) is 0 Å². The minimum Gasteiger partial charge on any atom is -0.495 e. The molecule has 0 radical (unpaired) electrons. The van der Waals surface area contributed by atoms with Crippen LogP contribution in [0.2, 0.25) is 0 Å². The Morgan fingerprint density at radius 3 is 2.75 bits per heavy atom. The minimum atomic E-state index is -3.31. The van der Waals surface area contributed by atoms with Gasteiger partial charge in [-0.2, -0.15) is 0 Å². The van der Waals surface area contributed by atoms with Crippen LogP contribution < -0.4 is 19.7 Å². The Labute approximate surface area is 141 Å². The van der Waals surface area contributed by atoms with Crippen molar-refractivity contribution in [3.63, 3.8) is 0 Å². The smallest absolute Gasteiger partial charge is 0.229 e. The van der Waals surface area contributed by atoms with Gasteiger partial charge in [0.15, 0.2) is 0 Å². The third-order valence-corrected chi connectivity index (χ3v) is 4.31. The molecule has 1 heterocycles. The van der Waals surface area contributed by atoms with Crippen LogP contribution in [0.3, 0.4) is 0 Å². The van der Waals surface area contributed by atoms with Crippen LogP contribution in [0, 0.1) is 0 Å². The molecule has 2 N–H and O–H groups in total. The van der Waals surface area contributed by atoms with E-state index in [1.54, 1.807) is 17.0 Å². The Bertz CT molecular complexity index is 720. The van der Waals surface area contributed by atoms with E-state index in [-0.39, 0.29) is 37.2 Å². The molecule has 0 bridgehead atoms. The highest BCUT2D eigenvalue weighted by atomic mass is 32.2. The molecule has 1 aliphatic rings. The van der Waals surface area contributed by atoms with Crippen LogP contribution in [-0.2, 0) is 19.6 Å². The normalized spacial score (nSPS) is 17.8. The summed E-state index contributed by atoms with van der Waals surface area (Å²) in [6.07, 6.45) is 1.25. The Hall–Kier alpha value is -2.13. The van der Waals surface area contributed by atoms with Crippen molar-refractivity contribution < 1.29 is 22.7 Å². The predicted octanol–water partition coefficient (Wildman–Crippen LogP) is -0.144. The lowest BCUT2D eigenvalue weighted by Gasteiger charge is -2.19. The van der Waals surface area contributed by atoms with Crippen molar-refractivity contribution in [3.05, 3.63) is 24.3 Å². The number of anilines is 1. The molecule has 1 atom stereocenters. The van der Waals surface area contributed by atoms with Gasteiger partial charge in [0.05, 0.1) is 25.1 Å². The first-order valence-corrected chi connectivity index (χ1v) is 9.36. The molecule has 0 unspecified atom stereocenters. The van der Waals surface area contributed by atoms with Gasteiger partial charge in [0, 0.05) is 25.9 Å². The highest BCUT2D eigenvalue weighted by Gasteiger charge is 2.32. The van der Waals surface area contributed by atoms with E-state index in [0.29, 0.717) is 18.0 Å². The zero-order chi connectivity index (χ0) is 17.7. The summed E-state index contributed by atoms with van der Waals surface area (Å²) in [5.41, 5.74) is 0.667. The largest absolute Gasteiger partial charge is 0.495 e. The lowest BCUT2D eigenvalue weighted by atomic mass is 10.2. The molecular formula is C15H21N3O5S. The van der Waals surface area contributed by atoms with E-state index in [2.05, 4.69) is 10.0 Å². The number of carbonyl (C=O) groups is 2. The molecule has 0 spiro atoms. The molecule has 1 aromatic carbocycles. The van der Waals surface area contributed by atoms with Gasteiger partial charge in [0.1, 0.15) is 5.75 Å². The molecule has 132 valence electrons. The molecular weight excluding hydrogens is 334 g/mol. The summed E-state index contributed by atoms with van der Waals surface area (Å²) in [5, 5.41) is 2.76. The lowest BCUT2D eigenvalue weighted by molar-refractivity contribution is -0.121. The molecule has 2 amide bonds. The van der Waals surface area contributed by atoms with E-state index in [4.69, 9.17) is 4.74 Å². The fourth-order valence-corrected chi connectivity index (χ4v) is 3.01. The van der Waals surface area contributed by atoms with Gasteiger partial charge < -0.3 is 15.0 Å². The van der Waals surface area contributed by atoms with Crippen molar-refractivity contribution in [1.29, 1.82) is 0 Å². The van der Waals surface area contributed by atoms with Crippen molar-refractivity contribution in [1.82, 2.24) is 10.0 Å². The van der Waals surface area contributed by atoms with Crippen molar-refractivity contribution in [2.75, 3.05) is 31.4 Å². The van der Waals surface area contributed by atoms with Crippen LogP contribution in [0.15, 0.2) is 24.3 Å². The molecule has 0 saturated carbocycles. The highest BCUT2D eigenvalue weighted by molar-refractivity contribution is 7.88. The van der Waals surface area contributed by atoms with Gasteiger partial charge >= 0.3 is 0 Å². The Balaban J connectivity index is 1.91. The first-order chi connectivity index (χ1) is 11.3. The molecule has 0 aliphatic carbocycles. The summed E-state index contributed by atoms with van der Waals surface area (Å²) in [6, 6.07) is 6.88. The van der Waals surface area contributed by atoms with Crippen LogP contribution in [0.25, 0.3) is 0 Å². The summed E-state index contributed by atoms with van der Waals surface area (Å²) in [6.45, 7) is 0.381. The number of carbonyl (C=O) groups excluding carboxylic acids is 2. The maximum absolute atomic E-state index is 12.2. The maximum atomic E-state index is 12.2. The summed E-state index contributed by atoms with van der Waals surface area (Å²) in [7, 11) is -1.78. The number of hydrogen-bond donors (Lipinski definition) is 2. The second-order valence-electron chi connectivity index (χ2n) is 5.56. The van der Waals surface area contributed by atoms with Gasteiger partial charge in [-0.15, -0.1) is 0 Å². The van der Waals surface area contributed by atoms with Crippen LogP contribution in [0.4, 0.5) is 5.69 Å². The van der Waals surface area contributed by atoms with E-state index in [1.165, 1.54) is 7.11 Å². The van der Waals surface area contributed by atoms with Crippen LogP contribution in [0.5, 0.6) is 5.75 Å². The highest BCUT2D eigenvalue weighted by Crippen LogP contribution is 2.30. The van der Waals surface area contributed by atoms with E-state index < -0.39 is 10.0 Å². The van der Waals surface area contributed by atoms with Crippen LogP contribution in [-0.4, -0.2) is 52.7 Å². The number of benzene rings is 1. The number of hydrogen-bond acceptors (Lipinski definition) is 5. The minimum absolute atomic E-state index is 0.0203. The van der Waals surface area contributed by atoms with Crippen molar-refractivity contribution in [3.8, 4) is 5.75 Å². The van der Waals surface area contributed by atoms with Gasteiger partial charge in [0.25, 0.3) is 0 Å². The van der Waals surface area contributed by atoms with E-state index in [9.17, 15) is 18.0 Å². The lowest BCUT2D eigenvalue weighted by Crippen LogP contribution is -2.38. The molecule has 9 heteroatoms. The summed E-state index contributed by atoms with van der Waals surface area (Å²) >= 11 is 0. The maximum Gasteiger partial charge on any atom is 0.229 e. The monoisotopic (exact) mass is 355 g/mol. The number of rotatable bonds is 7. The molecule has 8 nitrogen and oxygen atoms in total. The molecule has 1 saturated heterocycles. The number of sulfonamides is 1. The fraction of sp³-hybridized carbons (Fsp3) is 0.467. The fourth-order valence-electron chi connectivity index (χ4n) is 2.54. The molecule has 1 aromatic rings. The van der Waals surface area contributed by atoms with Gasteiger partial charge in [-0.1, -0.05) is 12.1 Å². The Kier molecular flexibility index (Phi) is 5.79. The van der Waals surface area contributed by atoms with Crippen molar-refractivity contribution in [2.45, 2.75) is 18.9 Å². The topological polar surface area (TPSA) is 105 Å². The average Bonchev–Trinajstić information content (AvgIpc) is 2.86. The zero-order valence-corrected chi connectivity index (χ0v) is 14.4. The summed E-state index contributed by atoms with van der Waals surface area (Å²) < 4.78 is 29.4. The summed E-state index contributed by atoms with van der Waals surface area (Å²) in [4.78, 5) is 25.6. The van der Waals surface area contributed by atoms with Crippen LogP contribution in [0.1, 0.15) is 12.8 Å². The van der Waals surface area contributed by atoms with E-state index >= 15 is 0 Å². The molecule has 1 aliphatic heterocycles. The zero-order valence-electron chi connectivity index (χ0n) is 13.6. The SMILES string of the molecule is COc1ccccc1N1C[C@H](NC(=O)CCNS(C)(=O)=O)CC1=O. The molecule has 24 heavy (non-hydrogen) atoms. The van der Waals surface area contributed by atoms with Gasteiger partial charge in [-0.25, -0.2) is 13.1 Å². The first-order valence-electron chi connectivity index (χ1n) is 7.47. The quantitative estimate of drug-likeness (QED) is 0.708. The van der Waals surface area contributed by atoms with Gasteiger partial charge in [-0.3, -0.25) is 9.59 Å². The molecule has 2 rings (SSSR count). The van der Waals surface area contributed by atoms with Crippen molar-refractivity contribution >= 4 is 27.5 Å². The third-order valence-electron chi connectivity index (χ3n) is 3.58. The first kappa shape index (κ1) is 18.2. The number of ether oxygens (including phenoxy) is 1. The van der Waals surface area contributed by atoms with Gasteiger partial charge in [-0.05, 0) is 12.1 Å². The second kappa shape index (κ2) is 7.63. The second-order valence-corrected chi connectivity index (χ2v) is 7.39. The summed E-state index contributed by atoms with van der Waals surface area (Å²) in [5.74, 6) is 0.195. The van der Waals surface area contributed by atoms with E-state index in [0.717, 1.165) is 6.26 Å². The van der Waals surface area contributed by atoms with Gasteiger partial charge in [0.2, 0.25) is 21.8 Å². The number of methoxy groups -OCH3 is 1. The molecule has 0 aromatic heterocycles. The number of nitrogens with one attached hydrogen (secondary N) is 2. The third kappa shape index (κ3) is 4.93.